The molecule has 6 nitrogen and oxygen atoms in total. The van der Waals surface area contributed by atoms with Gasteiger partial charge in [-0.1, -0.05) is 31.2 Å². The Balaban J connectivity index is 1.93. The molecule has 2 rings (SSSR count). The third-order valence-corrected chi connectivity index (χ3v) is 5.36. The van der Waals surface area contributed by atoms with E-state index in [1.54, 1.807) is 24.3 Å². The summed E-state index contributed by atoms with van der Waals surface area (Å²) >= 11 is 0. The van der Waals surface area contributed by atoms with Gasteiger partial charge in [0.15, 0.2) is 0 Å². The van der Waals surface area contributed by atoms with E-state index in [1.807, 2.05) is 0 Å². The Morgan fingerprint density at radius 1 is 1.33 bits per heavy atom. The summed E-state index contributed by atoms with van der Waals surface area (Å²) in [4.78, 5) is 0. The standard InChI is InChI=1S/C14H22N4O2S/c1-11-6-8-18(9-7-11)21(19,20)17-10-12-2-4-13(5-3-12)14(15)16/h2-5,11,17H,6-10H2,1H3,(H3,15,16). The van der Waals surface area contributed by atoms with E-state index in [0.717, 1.165) is 18.4 Å². The van der Waals surface area contributed by atoms with E-state index in [2.05, 4.69) is 11.6 Å². The lowest BCUT2D eigenvalue weighted by Crippen LogP contribution is -2.44. The third kappa shape index (κ3) is 4.26. The van der Waals surface area contributed by atoms with Crippen LogP contribution in [0.1, 0.15) is 30.9 Å². The quantitative estimate of drug-likeness (QED) is 0.559. The molecular formula is C14H22N4O2S. The van der Waals surface area contributed by atoms with Crippen molar-refractivity contribution in [2.45, 2.75) is 26.3 Å². The third-order valence-electron chi connectivity index (χ3n) is 3.81. The number of benzene rings is 1. The molecule has 7 heteroatoms. The molecule has 21 heavy (non-hydrogen) atoms. The van der Waals surface area contributed by atoms with Gasteiger partial charge in [-0.3, -0.25) is 5.41 Å². The van der Waals surface area contributed by atoms with Gasteiger partial charge in [0.05, 0.1) is 0 Å². The molecule has 1 saturated heterocycles. The van der Waals surface area contributed by atoms with Gasteiger partial charge in [0.1, 0.15) is 5.84 Å². The fourth-order valence-corrected chi connectivity index (χ4v) is 3.52. The van der Waals surface area contributed by atoms with E-state index >= 15 is 0 Å². The Labute approximate surface area is 126 Å². The first-order chi connectivity index (χ1) is 9.88. The molecule has 4 N–H and O–H groups in total. The zero-order chi connectivity index (χ0) is 15.5. The van der Waals surface area contributed by atoms with Gasteiger partial charge in [-0.2, -0.15) is 17.4 Å². The predicted octanol–water partition coefficient (Wildman–Crippen LogP) is 1.04. The number of nitrogen functional groups attached to an aromatic ring is 1. The molecule has 0 saturated carbocycles. The number of piperidine rings is 1. The molecule has 1 aliphatic rings. The highest BCUT2D eigenvalue weighted by atomic mass is 32.2. The number of amidine groups is 1. The minimum Gasteiger partial charge on any atom is -0.384 e. The van der Waals surface area contributed by atoms with Crippen molar-refractivity contribution >= 4 is 16.0 Å². The molecule has 0 atom stereocenters. The second-order valence-corrected chi connectivity index (χ2v) is 7.27. The molecule has 0 unspecified atom stereocenters. The fraction of sp³-hybridized carbons (Fsp3) is 0.500. The van der Waals surface area contributed by atoms with Crippen molar-refractivity contribution in [2.24, 2.45) is 11.7 Å². The maximum absolute atomic E-state index is 12.2. The van der Waals surface area contributed by atoms with Gasteiger partial charge in [0.25, 0.3) is 10.2 Å². The molecule has 0 radical (unpaired) electrons. The number of hydrogen-bond acceptors (Lipinski definition) is 3. The smallest absolute Gasteiger partial charge is 0.279 e. The number of nitrogens with one attached hydrogen (secondary N) is 2. The second-order valence-electron chi connectivity index (χ2n) is 5.52. The zero-order valence-electron chi connectivity index (χ0n) is 12.2. The summed E-state index contributed by atoms with van der Waals surface area (Å²) in [6.45, 7) is 3.56. The topological polar surface area (TPSA) is 99.3 Å². The highest BCUT2D eigenvalue weighted by molar-refractivity contribution is 7.87. The van der Waals surface area contributed by atoms with Gasteiger partial charge in [0.2, 0.25) is 0 Å². The minimum absolute atomic E-state index is 0.00423. The molecule has 0 amide bonds. The monoisotopic (exact) mass is 310 g/mol. The summed E-state index contributed by atoms with van der Waals surface area (Å²) in [5.74, 6) is 0.597. The van der Waals surface area contributed by atoms with Crippen molar-refractivity contribution in [1.29, 1.82) is 5.41 Å². The van der Waals surface area contributed by atoms with Crippen LogP contribution in [-0.2, 0) is 16.8 Å². The van der Waals surface area contributed by atoms with Gasteiger partial charge in [-0.05, 0) is 24.3 Å². The first kappa shape index (κ1) is 15.9. The van der Waals surface area contributed by atoms with Gasteiger partial charge in [0, 0.05) is 25.2 Å². The Hall–Kier alpha value is -1.44. The number of nitrogens with zero attached hydrogens (tertiary/aromatic N) is 1. The molecule has 0 aliphatic carbocycles. The maximum atomic E-state index is 12.2. The summed E-state index contributed by atoms with van der Waals surface area (Å²) < 4.78 is 28.5. The lowest BCUT2D eigenvalue weighted by Gasteiger charge is -2.29. The number of hydrogen-bond donors (Lipinski definition) is 3. The van der Waals surface area contributed by atoms with Gasteiger partial charge < -0.3 is 5.73 Å². The van der Waals surface area contributed by atoms with Crippen molar-refractivity contribution in [1.82, 2.24) is 9.03 Å². The minimum atomic E-state index is -3.42. The maximum Gasteiger partial charge on any atom is 0.279 e. The number of nitrogens with two attached hydrogens (primary N) is 1. The second kappa shape index (κ2) is 6.55. The van der Waals surface area contributed by atoms with Crippen LogP contribution in [0.15, 0.2) is 24.3 Å². The van der Waals surface area contributed by atoms with Crippen LogP contribution < -0.4 is 10.5 Å². The van der Waals surface area contributed by atoms with Crippen LogP contribution in [0.2, 0.25) is 0 Å². The van der Waals surface area contributed by atoms with Crippen LogP contribution in [0.4, 0.5) is 0 Å². The highest BCUT2D eigenvalue weighted by Crippen LogP contribution is 2.18. The van der Waals surface area contributed by atoms with Crippen LogP contribution in [0, 0.1) is 11.3 Å². The van der Waals surface area contributed by atoms with E-state index in [-0.39, 0.29) is 12.4 Å². The molecule has 1 aromatic rings. The van der Waals surface area contributed by atoms with E-state index < -0.39 is 10.2 Å². The predicted molar refractivity (Wildman–Crippen MR) is 83.2 cm³/mol. The van der Waals surface area contributed by atoms with Crippen molar-refractivity contribution in [3.63, 3.8) is 0 Å². The van der Waals surface area contributed by atoms with Crippen molar-refractivity contribution < 1.29 is 8.42 Å². The molecule has 0 bridgehead atoms. The molecule has 1 aliphatic heterocycles. The Kier molecular flexibility index (Phi) is 4.97. The van der Waals surface area contributed by atoms with E-state index in [4.69, 9.17) is 11.1 Å². The van der Waals surface area contributed by atoms with Crippen LogP contribution in [0.3, 0.4) is 0 Å². The molecule has 0 spiro atoms. The first-order valence-electron chi connectivity index (χ1n) is 7.06. The molecular weight excluding hydrogens is 288 g/mol. The van der Waals surface area contributed by atoms with E-state index in [1.165, 1.54) is 4.31 Å². The highest BCUT2D eigenvalue weighted by Gasteiger charge is 2.25. The largest absolute Gasteiger partial charge is 0.384 e. The molecule has 1 heterocycles. The summed E-state index contributed by atoms with van der Waals surface area (Å²) in [6.07, 6.45) is 1.82. The lowest BCUT2D eigenvalue weighted by molar-refractivity contribution is 0.285. The Bertz CT molecular complexity index is 590. The fourth-order valence-electron chi connectivity index (χ4n) is 2.29. The van der Waals surface area contributed by atoms with Crippen LogP contribution >= 0.6 is 0 Å². The Morgan fingerprint density at radius 3 is 2.43 bits per heavy atom. The van der Waals surface area contributed by atoms with Crippen molar-refractivity contribution in [3.8, 4) is 0 Å². The van der Waals surface area contributed by atoms with Crippen LogP contribution in [0.25, 0.3) is 0 Å². The van der Waals surface area contributed by atoms with Crippen LogP contribution in [-0.4, -0.2) is 31.6 Å². The molecule has 0 aromatic heterocycles. The summed E-state index contributed by atoms with van der Waals surface area (Å²) in [5, 5.41) is 7.32. The molecule has 116 valence electrons. The normalized spacial score (nSPS) is 17.8. The van der Waals surface area contributed by atoms with E-state index in [0.29, 0.717) is 24.6 Å². The van der Waals surface area contributed by atoms with Gasteiger partial charge in [-0.15, -0.1) is 0 Å². The zero-order valence-corrected chi connectivity index (χ0v) is 13.0. The summed E-state index contributed by atoms with van der Waals surface area (Å²) in [7, 11) is -3.42. The summed E-state index contributed by atoms with van der Waals surface area (Å²) in [5.41, 5.74) is 6.85. The average Bonchev–Trinajstić information content (AvgIpc) is 2.46. The van der Waals surface area contributed by atoms with Crippen molar-refractivity contribution in [2.75, 3.05) is 13.1 Å². The van der Waals surface area contributed by atoms with Gasteiger partial charge >= 0.3 is 0 Å². The molecule has 1 fully saturated rings. The van der Waals surface area contributed by atoms with Gasteiger partial charge in [-0.25, -0.2) is 0 Å². The lowest BCUT2D eigenvalue weighted by atomic mass is 10.0. The van der Waals surface area contributed by atoms with Crippen LogP contribution in [0.5, 0.6) is 0 Å². The number of rotatable bonds is 5. The Morgan fingerprint density at radius 2 is 1.90 bits per heavy atom. The molecule has 1 aromatic carbocycles. The van der Waals surface area contributed by atoms with E-state index in [9.17, 15) is 8.42 Å². The SMILES string of the molecule is CC1CCN(S(=O)(=O)NCc2ccc(C(=N)N)cc2)CC1. The average molecular weight is 310 g/mol. The first-order valence-corrected chi connectivity index (χ1v) is 8.50. The van der Waals surface area contributed by atoms with Crippen molar-refractivity contribution in [3.05, 3.63) is 35.4 Å². The summed E-state index contributed by atoms with van der Waals surface area (Å²) in [6, 6.07) is 6.98.